The zero-order valence-electron chi connectivity index (χ0n) is 16.4. The minimum absolute atomic E-state index is 0. The fourth-order valence-electron chi connectivity index (χ4n) is 4.06. The summed E-state index contributed by atoms with van der Waals surface area (Å²) in [5, 5.41) is 3.40. The third kappa shape index (κ3) is 7.61. The lowest BCUT2D eigenvalue weighted by molar-refractivity contribution is -0.131. The summed E-state index contributed by atoms with van der Waals surface area (Å²) < 4.78 is 0. The third-order valence-corrected chi connectivity index (χ3v) is 5.90. The SMILES string of the molecule is CC1CCN(C(=O)CCC2CCNCC2)CCN1Cc1ccccc1.Cl.Cl. The van der Waals surface area contributed by atoms with Crippen LogP contribution in [0.3, 0.4) is 0 Å². The van der Waals surface area contributed by atoms with E-state index in [1.54, 1.807) is 0 Å². The molecule has 0 aromatic heterocycles. The van der Waals surface area contributed by atoms with Gasteiger partial charge >= 0.3 is 0 Å². The van der Waals surface area contributed by atoms with Gasteiger partial charge in [0.1, 0.15) is 0 Å². The van der Waals surface area contributed by atoms with Crippen LogP contribution in [0.2, 0.25) is 0 Å². The number of carbonyl (C=O) groups excluding carboxylic acids is 1. The molecule has 1 aromatic rings. The lowest BCUT2D eigenvalue weighted by Crippen LogP contribution is -2.36. The van der Waals surface area contributed by atoms with Crippen molar-refractivity contribution in [2.24, 2.45) is 5.92 Å². The highest BCUT2D eigenvalue weighted by molar-refractivity contribution is 5.85. The van der Waals surface area contributed by atoms with E-state index >= 15 is 0 Å². The second-order valence-corrected chi connectivity index (χ2v) is 7.71. The van der Waals surface area contributed by atoms with E-state index in [1.807, 2.05) is 0 Å². The van der Waals surface area contributed by atoms with Gasteiger partial charge in [-0.3, -0.25) is 9.69 Å². The van der Waals surface area contributed by atoms with Crippen molar-refractivity contribution in [1.29, 1.82) is 0 Å². The average Bonchev–Trinajstić information content (AvgIpc) is 2.84. The fourth-order valence-corrected chi connectivity index (χ4v) is 4.06. The lowest BCUT2D eigenvalue weighted by atomic mass is 9.93. The second kappa shape index (κ2) is 12.6. The molecular formula is C21H35Cl2N3O. The van der Waals surface area contributed by atoms with Crippen molar-refractivity contribution < 1.29 is 4.79 Å². The Morgan fingerprint density at radius 3 is 2.44 bits per heavy atom. The smallest absolute Gasteiger partial charge is 0.222 e. The summed E-state index contributed by atoms with van der Waals surface area (Å²) in [5.74, 6) is 1.11. The second-order valence-electron chi connectivity index (χ2n) is 7.71. The summed E-state index contributed by atoms with van der Waals surface area (Å²) in [6.45, 7) is 8.29. The van der Waals surface area contributed by atoms with Gasteiger partial charge in [-0.1, -0.05) is 30.3 Å². The molecule has 154 valence electrons. The predicted molar refractivity (Wildman–Crippen MR) is 117 cm³/mol. The molecule has 4 nitrogen and oxygen atoms in total. The Kier molecular flexibility index (Phi) is 11.3. The van der Waals surface area contributed by atoms with Crippen LogP contribution in [0.4, 0.5) is 0 Å². The van der Waals surface area contributed by atoms with Gasteiger partial charge in [0.2, 0.25) is 5.91 Å². The number of benzene rings is 1. The maximum absolute atomic E-state index is 12.7. The molecule has 27 heavy (non-hydrogen) atoms. The number of halogens is 2. The van der Waals surface area contributed by atoms with Crippen LogP contribution in [0.5, 0.6) is 0 Å². The summed E-state index contributed by atoms with van der Waals surface area (Å²) in [6, 6.07) is 11.2. The first-order chi connectivity index (χ1) is 12.2. The van der Waals surface area contributed by atoms with E-state index in [0.717, 1.165) is 64.4 Å². The molecule has 3 rings (SSSR count). The average molecular weight is 416 g/mol. The summed E-state index contributed by atoms with van der Waals surface area (Å²) in [5.41, 5.74) is 1.36. The quantitative estimate of drug-likeness (QED) is 0.795. The zero-order valence-corrected chi connectivity index (χ0v) is 18.1. The fraction of sp³-hybridized carbons (Fsp3) is 0.667. The van der Waals surface area contributed by atoms with Gasteiger partial charge in [-0.15, -0.1) is 24.8 Å². The number of carbonyl (C=O) groups is 1. The number of hydrogen-bond donors (Lipinski definition) is 1. The van der Waals surface area contributed by atoms with Gasteiger partial charge in [-0.25, -0.2) is 0 Å². The van der Waals surface area contributed by atoms with E-state index in [-0.39, 0.29) is 24.8 Å². The zero-order chi connectivity index (χ0) is 17.5. The van der Waals surface area contributed by atoms with Crippen LogP contribution in [0.15, 0.2) is 30.3 Å². The highest BCUT2D eigenvalue weighted by Gasteiger charge is 2.24. The molecule has 2 saturated heterocycles. The van der Waals surface area contributed by atoms with Crippen molar-refractivity contribution in [3.05, 3.63) is 35.9 Å². The summed E-state index contributed by atoms with van der Waals surface area (Å²) in [6.07, 6.45) is 5.34. The van der Waals surface area contributed by atoms with Crippen LogP contribution in [-0.4, -0.2) is 54.5 Å². The van der Waals surface area contributed by atoms with E-state index in [0.29, 0.717) is 11.9 Å². The van der Waals surface area contributed by atoms with E-state index in [9.17, 15) is 4.79 Å². The Labute approximate surface area is 176 Å². The summed E-state index contributed by atoms with van der Waals surface area (Å²) in [4.78, 5) is 17.3. The van der Waals surface area contributed by atoms with Gasteiger partial charge in [-0.05, 0) is 57.2 Å². The van der Waals surface area contributed by atoms with Crippen molar-refractivity contribution >= 4 is 30.7 Å². The van der Waals surface area contributed by atoms with Crippen molar-refractivity contribution in [3.8, 4) is 0 Å². The molecule has 1 atom stereocenters. The minimum atomic E-state index is 0. The monoisotopic (exact) mass is 415 g/mol. The summed E-state index contributed by atoms with van der Waals surface area (Å²) >= 11 is 0. The normalized spacial score (nSPS) is 21.7. The van der Waals surface area contributed by atoms with E-state index < -0.39 is 0 Å². The number of amides is 1. The molecule has 2 aliphatic heterocycles. The molecule has 2 fully saturated rings. The maximum atomic E-state index is 12.7. The van der Waals surface area contributed by atoms with E-state index in [4.69, 9.17) is 0 Å². The molecule has 1 aromatic carbocycles. The van der Waals surface area contributed by atoms with Crippen molar-refractivity contribution in [2.75, 3.05) is 32.7 Å². The first kappa shape index (κ1) is 24.2. The van der Waals surface area contributed by atoms with Crippen molar-refractivity contribution in [1.82, 2.24) is 15.1 Å². The Hall–Kier alpha value is -0.810. The molecule has 0 radical (unpaired) electrons. The highest BCUT2D eigenvalue weighted by atomic mass is 35.5. The predicted octanol–water partition coefficient (Wildman–Crippen LogP) is 3.73. The van der Waals surface area contributed by atoms with Crippen LogP contribution >= 0.6 is 24.8 Å². The Morgan fingerprint density at radius 2 is 1.74 bits per heavy atom. The van der Waals surface area contributed by atoms with E-state index in [1.165, 1.54) is 18.4 Å². The van der Waals surface area contributed by atoms with E-state index in [2.05, 4.69) is 52.4 Å². The first-order valence-corrected chi connectivity index (χ1v) is 9.99. The van der Waals surface area contributed by atoms with Crippen LogP contribution in [0, 0.1) is 5.92 Å². The van der Waals surface area contributed by atoms with Gasteiger partial charge in [0.05, 0.1) is 0 Å². The number of piperidine rings is 1. The van der Waals surface area contributed by atoms with Gasteiger partial charge in [0.25, 0.3) is 0 Å². The molecule has 0 spiro atoms. The number of nitrogens with one attached hydrogen (secondary N) is 1. The maximum Gasteiger partial charge on any atom is 0.222 e. The molecule has 1 amide bonds. The van der Waals surface area contributed by atoms with Crippen molar-refractivity contribution in [2.45, 2.75) is 51.6 Å². The number of nitrogens with zero attached hydrogens (tertiary/aromatic N) is 2. The van der Waals surface area contributed by atoms with Crippen LogP contribution < -0.4 is 5.32 Å². The molecule has 2 aliphatic rings. The van der Waals surface area contributed by atoms with Gasteiger partial charge in [0, 0.05) is 38.6 Å². The van der Waals surface area contributed by atoms with Gasteiger partial charge in [-0.2, -0.15) is 0 Å². The molecule has 6 heteroatoms. The van der Waals surface area contributed by atoms with Crippen LogP contribution in [-0.2, 0) is 11.3 Å². The first-order valence-electron chi connectivity index (χ1n) is 9.99. The standard InChI is InChI=1S/C21H33N3O.2ClH/c1-18-11-14-23(21(25)8-7-19-9-12-22-13-10-19)15-16-24(18)17-20-5-3-2-4-6-20;;/h2-6,18-19,22H,7-17H2,1H3;2*1H. The molecule has 0 bridgehead atoms. The molecule has 0 aliphatic carbocycles. The Bertz CT molecular complexity index is 537. The molecule has 1 N–H and O–H groups in total. The Morgan fingerprint density at radius 1 is 1.04 bits per heavy atom. The highest BCUT2D eigenvalue weighted by Crippen LogP contribution is 2.20. The third-order valence-electron chi connectivity index (χ3n) is 5.90. The lowest BCUT2D eigenvalue weighted by Gasteiger charge is -2.26. The topological polar surface area (TPSA) is 35.6 Å². The molecule has 0 saturated carbocycles. The van der Waals surface area contributed by atoms with Gasteiger partial charge < -0.3 is 10.2 Å². The number of rotatable bonds is 5. The van der Waals surface area contributed by atoms with Gasteiger partial charge in [0.15, 0.2) is 0 Å². The van der Waals surface area contributed by atoms with Crippen molar-refractivity contribution in [3.63, 3.8) is 0 Å². The summed E-state index contributed by atoms with van der Waals surface area (Å²) in [7, 11) is 0. The number of hydrogen-bond acceptors (Lipinski definition) is 3. The molecular weight excluding hydrogens is 381 g/mol. The van der Waals surface area contributed by atoms with Crippen LogP contribution in [0.1, 0.15) is 44.6 Å². The minimum Gasteiger partial charge on any atom is -0.341 e. The molecule has 1 unspecified atom stereocenters. The largest absolute Gasteiger partial charge is 0.341 e. The molecule has 2 heterocycles. The Balaban J connectivity index is 0.00000182. The van der Waals surface area contributed by atoms with Crippen LogP contribution in [0.25, 0.3) is 0 Å².